The number of Topliss-reactive ketones (excluding diaryl/α,β-unsaturated/α-hetero) is 1. The van der Waals surface area contributed by atoms with Gasteiger partial charge in [0.15, 0.2) is 24.0 Å². The van der Waals surface area contributed by atoms with Gasteiger partial charge in [0.25, 0.3) is 0 Å². The maximum absolute atomic E-state index is 13.1. The minimum absolute atomic E-state index is 0.0274. The summed E-state index contributed by atoms with van der Waals surface area (Å²) in [5.74, 6) is -3.26. The lowest BCUT2D eigenvalue weighted by Gasteiger charge is -2.03. The van der Waals surface area contributed by atoms with Gasteiger partial charge < -0.3 is 4.74 Å². The average molecular weight is 322 g/mol. The zero-order chi connectivity index (χ0) is 15.7. The van der Waals surface area contributed by atoms with E-state index in [-0.39, 0.29) is 5.56 Å². The first-order valence-electron chi connectivity index (χ1n) is 6.81. The molecule has 2 aromatic rings. The van der Waals surface area contributed by atoms with Crippen LogP contribution in [0, 0.1) is 11.6 Å². The van der Waals surface area contributed by atoms with Crippen LogP contribution in [0.2, 0.25) is 0 Å². The van der Waals surface area contributed by atoms with Gasteiger partial charge in [-0.25, -0.2) is 13.6 Å². The number of carbonyl (C=O) groups excluding carboxylic acids is 2. The van der Waals surface area contributed by atoms with E-state index < -0.39 is 30.0 Å². The SMILES string of the molecule is O=C(COC(=O)c1cc2c(s1)CCC2)c1ccc(F)c(F)c1. The second-order valence-corrected chi connectivity index (χ2v) is 6.18. The van der Waals surface area contributed by atoms with E-state index in [0.29, 0.717) is 4.88 Å². The minimum atomic E-state index is -1.10. The minimum Gasteiger partial charge on any atom is -0.453 e. The molecule has 114 valence electrons. The van der Waals surface area contributed by atoms with Crippen LogP contribution >= 0.6 is 11.3 Å². The molecule has 1 aliphatic carbocycles. The van der Waals surface area contributed by atoms with E-state index in [1.165, 1.54) is 21.8 Å². The summed E-state index contributed by atoms with van der Waals surface area (Å²) in [6, 6.07) is 4.63. The van der Waals surface area contributed by atoms with Crippen molar-refractivity contribution in [2.45, 2.75) is 19.3 Å². The van der Waals surface area contributed by atoms with Crippen LogP contribution in [-0.2, 0) is 17.6 Å². The lowest BCUT2D eigenvalue weighted by molar-refractivity contribution is 0.0479. The summed E-state index contributed by atoms with van der Waals surface area (Å²) >= 11 is 1.39. The lowest BCUT2D eigenvalue weighted by Crippen LogP contribution is -2.14. The third kappa shape index (κ3) is 2.92. The predicted octanol–water partition coefficient (Wildman–Crippen LogP) is 3.55. The van der Waals surface area contributed by atoms with Crippen LogP contribution in [0.3, 0.4) is 0 Å². The highest BCUT2D eigenvalue weighted by molar-refractivity contribution is 7.14. The van der Waals surface area contributed by atoms with Crippen molar-refractivity contribution in [3.8, 4) is 0 Å². The van der Waals surface area contributed by atoms with Crippen LogP contribution in [0.15, 0.2) is 24.3 Å². The molecule has 1 aromatic heterocycles. The maximum Gasteiger partial charge on any atom is 0.348 e. The van der Waals surface area contributed by atoms with Gasteiger partial charge in [-0.1, -0.05) is 0 Å². The molecule has 0 saturated carbocycles. The van der Waals surface area contributed by atoms with E-state index in [0.717, 1.165) is 37.5 Å². The van der Waals surface area contributed by atoms with Gasteiger partial charge in [-0.2, -0.15) is 0 Å². The quantitative estimate of drug-likeness (QED) is 0.638. The number of carbonyl (C=O) groups is 2. The molecule has 1 aliphatic rings. The Kier molecular flexibility index (Phi) is 4.02. The van der Waals surface area contributed by atoms with Crippen molar-refractivity contribution in [3.05, 3.63) is 56.8 Å². The van der Waals surface area contributed by atoms with Gasteiger partial charge >= 0.3 is 5.97 Å². The Bertz CT molecular complexity index is 730. The number of ether oxygens (including phenoxy) is 1. The Labute approximate surface area is 129 Å². The molecular weight excluding hydrogens is 310 g/mol. The molecule has 0 fully saturated rings. The third-order valence-electron chi connectivity index (χ3n) is 3.52. The zero-order valence-corrected chi connectivity index (χ0v) is 12.3. The molecular formula is C16H12F2O3S. The van der Waals surface area contributed by atoms with E-state index in [1.54, 1.807) is 6.07 Å². The summed E-state index contributed by atoms with van der Waals surface area (Å²) in [5, 5.41) is 0. The standard InChI is InChI=1S/C16H12F2O3S/c17-11-5-4-9(6-12(11)18)13(19)8-21-16(20)15-7-10-2-1-3-14(10)22-15/h4-7H,1-3,8H2. The maximum atomic E-state index is 13.1. The number of hydrogen-bond donors (Lipinski definition) is 0. The van der Waals surface area contributed by atoms with Crippen molar-refractivity contribution >= 4 is 23.1 Å². The summed E-state index contributed by atoms with van der Waals surface area (Å²) in [7, 11) is 0. The molecule has 3 rings (SSSR count). The first kappa shape index (κ1) is 14.8. The van der Waals surface area contributed by atoms with Crippen LogP contribution in [0.1, 0.15) is 36.9 Å². The van der Waals surface area contributed by atoms with Gasteiger partial charge in [0, 0.05) is 10.4 Å². The van der Waals surface area contributed by atoms with E-state index >= 15 is 0 Å². The van der Waals surface area contributed by atoms with Crippen LogP contribution in [0.5, 0.6) is 0 Å². The topological polar surface area (TPSA) is 43.4 Å². The second-order valence-electron chi connectivity index (χ2n) is 5.04. The number of thiophene rings is 1. The number of halogens is 2. The van der Waals surface area contributed by atoms with Gasteiger partial charge in [-0.15, -0.1) is 11.3 Å². The normalized spacial score (nSPS) is 13.0. The smallest absolute Gasteiger partial charge is 0.348 e. The van der Waals surface area contributed by atoms with Gasteiger partial charge in [-0.05, 0) is 49.1 Å². The highest BCUT2D eigenvalue weighted by Gasteiger charge is 2.20. The monoisotopic (exact) mass is 322 g/mol. The van der Waals surface area contributed by atoms with Crippen molar-refractivity contribution in [2.24, 2.45) is 0 Å². The number of hydrogen-bond acceptors (Lipinski definition) is 4. The number of fused-ring (bicyclic) bond motifs is 1. The largest absolute Gasteiger partial charge is 0.453 e. The molecule has 0 amide bonds. The first-order chi connectivity index (χ1) is 10.5. The summed E-state index contributed by atoms with van der Waals surface area (Å²) in [6.45, 7) is -0.494. The molecule has 0 spiro atoms. The number of ketones is 1. The number of rotatable bonds is 4. The molecule has 3 nitrogen and oxygen atoms in total. The van der Waals surface area contributed by atoms with Crippen molar-refractivity contribution in [3.63, 3.8) is 0 Å². The van der Waals surface area contributed by atoms with Crippen molar-refractivity contribution in [1.29, 1.82) is 0 Å². The van der Waals surface area contributed by atoms with Gasteiger partial charge in [-0.3, -0.25) is 4.79 Å². The van der Waals surface area contributed by atoms with Gasteiger partial charge in [0.2, 0.25) is 0 Å². The van der Waals surface area contributed by atoms with Crippen LogP contribution in [0.25, 0.3) is 0 Å². The molecule has 1 aromatic carbocycles. The zero-order valence-electron chi connectivity index (χ0n) is 11.5. The third-order valence-corrected chi connectivity index (χ3v) is 4.74. The van der Waals surface area contributed by atoms with Gasteiger partial charge in [0.05, 0.1) is 0 Å². The van der Waals surface area contributed by atoms with Gasteiger partial charge in [0.1, 0.15) is 4.88 Å². The Morgan fingerprint density at radius 1 is 1.14 bits per heavy atom. The fourth-order valence-electron chi connectivity index (χ4n) is 2.38. The molecule has 0 radical (unpaired) electrons. The van der Waals surface area contributed by atoms with E-state index in [1.807, 2.05) is 0 Å². The fourth-order valence-corrected chi connectivity index (χ4v) is 3.53. The van der Waals surface area contributed by atoms with Crippen molar-refractivity contribution in [2.75, 3.05) is 6.61 Å². The van der Waals surface area contributed by atoms with Crippen LogP contribution < -0.4 is 0 Å². The molecule has 0 aliphatic heterocycles. The highest BCUT2D eigenvalue weighted by Crippen LogP contribution is 2.30. The Morgan fingerprint density at radius 3 is 2.68 bits per heavy atom. The summed E-state index contributed by atoms with van der Waals surface area (Å²) in [5.41, 5.74) is 1.14. The first-order valence-corrected chi connectivity index (χ1v) is 7.63. The molecule has 0 atom stereocenters. The van der Waals surface area contributed by atoms with E-state index in [9.17, 15) is 18.4 Å². The summed E-state index contributed by atoms with van der Waals surface area (Å²) in [4.78, 5) is 25.4. The van der Waals surface area contributed by atoms with Crippen molar-refractivity contribution in [1.82, 2.24) is 0 Å². The number of esters is 1. The molecule has 6 heteroatoms. The van der Waals surface area contributed by atoms with Crippen LogP contribution in [-0.4, -0.2) is 18.4 Å². The highest BCUT2D eigenvalue weighted by atomic mass is 32.1. The molecule has 22 heavy (non-hydrogen) atoms. The fraction of sp³-hybridized carbons (Fsp3) is 0.250. The second kappa shape index (κ2) is 5.96. The summed E-state index contributed by atoms with van der Waals surface area (Å²) < 4.78 is 30.8. The molecule has 1 heterocycles. The molecule has 0 saturated heterocycles. The van der Waals surface area contributed by atoms with Crippen molar-refractivity contribution < 1.29 is 23.1 Å². The van der Waals surface area contributed by atoms with E-state index in [4.69, 9.17) is 4.74 Å². The Balaban J connectivity index is 1.62. The molecule has 0 N–H and O–H groups in total. The van der Waals surface area contributed by atoms with Crippen LogP contribution in [0.4, 0.5) is 8.78 Å². The van der Waals surface area contributed by atoms with E-state index in [2.05, 4.69) is 0 Å². The molecule has 0 unspecified atom stereocenters. The number of aryl methyl sites for hydroxylation is 2. The Hall–Kier alpha value is -2.08. The Morgan fingerprint density at radius 2 is 1.95 bits per heavy atom. The molecule has 0 bridgehead atoms. The lowest BCUT2D eigenvalue weighted by atomic mass is 10.1. The summed E-state index contributed by atoms with van der Waals surface area (Å²) in [6.07, 6.45) is 3.04. The predicted molar refractivity (Wildman–Crippen MR) is 77.3 cm³/mol. The number of benzene rings is 1. The average Bonchev–Trinajstić information content (AvgIpc) is 3.08.